The molecule has 1 N–H and O–H groups in total. The third-order valence-corrected chi connectivity index (χ3v) is 0.706. The van der Waals surface area contributed by atoms with Gasteiger partial charge in [0.05, 0.1) is 17.5 Å². The van der Waals surface area contributed by atoms with E-state index in [9.17, 15) is 0 Å². The summed E-state index contributed by atoms with van der Waals surface area (Å²) in [7, 11) is 0. The SMILES string of the molecule is C=C(O)CCN=C=S. The van der Waals surface area contributed by atoms with Gasteiger partial charge in [-0.05, 0) is 12.2 Å². The van der Waals surface area contributed by atoms with E-state index in [1.54, 1.807) is 0 Å². The summed E-state index contributed by atoms with van der Waals surface area (Å²) in [5.74, 6) is 0.138. The summed E-state index contributed by atoms with van der Waals surface area (Å²) < 4.78 is 0. The van der Waals surface area contributed by atoms with E-state index in [2.05, 4.69) is 29.0 Å². The number of isothiocyanates is 1. The van der Waals surface area contributed by atoms with Gasteiger partial charge in [-0.3, -0.25) is 0 Å². The summed E-state index contributed by atoms with van der Waals surface area (Å²) in [5.41, 5.74) is 0. The molecule has 0 aromatic heterocycles. The van der Waals surface area contributed by atoms with Crippen LogP contribution in [-0.4, -0.2) is 16.8 Å². The third kappa shape index (κ3) is 5.34. The molecular formula is C5H7NOS. The lowest BCUT2D eigenvalue weighted by Gasteiger charge is -1.87. The predicted molar refractivity (Wildman–Crippen MR) is 36.3 cm³/mol. The predicted octanol–water partition coefficient (Wildman–Crippen LogP) is 1.55. The number of aliphatic hydroxyl groups is 1. The maximum atomic E-state index is 8.46. The Morgan fingerprint density at radius 1 is 1.88 bits per heavy atom. The van der Waals surface area contributed by atoms with Crippen molar-refractivity contribution in [2.24, 2.45) is 4.99 Å². The van der Waals surface area contributed by atoms with E-state index in [-0.39, 0.29) is 5.76 Å². The molecule has 0 aliphatic heterocycles. The minimum Gasteiger partial charge on any atom is -0.513 e. The highest BCUT2D eigenvalue weighted by Gasteiger charge is 1.83. The number of thiocarbonyl (C=S) groups is 1. The van der Waals surface area contributed by atoms with Crippen LogP contribution in [0.4, 0.5) is 0 Å². The van der Waals surface area contributed by atoms with Gasteiger partial charge in [-0.25, -0.2) is 4.99 Å². The molecular weight excluding hydrogens is 122 g/mol. The molecule has 0 saturated heterocycles. The van der Waals surface area contributed by atoms with Gasteiger partial charge >= 0.3 is 0 Å². The zero-order valence-corrected chi connectivity index (χ0v) is 5.24. The van der Waals surface area contributed by atoms with Gasteiger partial charge in [0, 0.05) is 6.42 Å². The monoisotopic (exact) mass is 129 g/mol. The van der Waals surface area contributed by atoms with Crippen LogP contribution >= 0.6 is 12.2 Å². The average molecular weight is 129 g/mol. The van der Waals surface area contributed by atoms with Crippen molar-refractivity contribution in [3.8, 4) is 0 Å². The van der Waals surface area contributed by atoms with Crippen LogP contribution in [0.3, 0.4) is 0 Å². The van der Waals surface area contributed by atoms with Crippen molar-refractivity contribution in [1.29, 1.82) is 0 Å². The van der Waals surface area contributed by atoms with Gasteiger partial charge in [0.25, 0.3) is 0 Å². The quantitative estimate of drug-likeness (QED) is 0.356. The van der Waals surface area contributed by atoms with Crippen LogP contribution in [0.15, 0.2) is 17.3 Å². The van der Waals surface area contributed by atoms with Crippen molar-refractivity contribution in [1.82, 2.24) is 0 Å². The summed E-state index contributed by atoms with van der Waals surface area (Å²) in [5, 5.41) is 10.6. The molecule has 0 aliphatic rings. The summed E-state index contributed by atoms with van der Waals surface area (Å²) in [6.45, 7) is 3.75. The van der Waals surface area contributed by atoms with Gasteiger partial charge < -0.3 is 5.11 Å². The van der Waals surface area contributed by atoms with Crippen molar-refractivity contribution in [3.05, 3.63) is 12.3 Å². The molecule has 0 aromatic carbocycles. The Morgan fingerprint density at radius 3 is 2.88 bits per heavy atom. The molecule has 0 bridgehead atoms. The van der Waals surface area contributed by atoms with Crippen LogP contribution in [0.2, 0.25) is 0 Å². The minimum absolute atomic E-state index is 0.138. The Morgan fingerprint density at radius 2 is 2.50 bits per heavy atom. The number of aliphatic imine (C=N–C) groups is 1. The number of hydrogen-bond acceptors (Lipinski definition) is 3. The standard InChI is InChI=1S/C5H7NOS/c1-5(7)2-3-6-4-8/h7H,1-3H2. The van der Waals surface area contributed by atoms with Crippen molar-refractivity contribution < 1.29 is 5.11 Å². The first kappa shape index (κ1) is 7.34. The van der Waals surface area contributed by atoms with Crippen LogP contribution in [0.25, 0.3) is 0 Å². The highest BCUT2D eigenvalue weighted by atomic mass is 32.1. The lowest BCUT2D eigenvalue weighted by molar-refractivity contribution is 0.394. The van der Waals surface area contributed by atoms with Gasteiger partial charge in [-0.15, -0.1) is 0 Å². The molecule has 0 radical (unpaired) electrons. The number of nitrogens with zero attached hydrogens (tertiary/aromatic N) is 1. The molecule has 0 amide bonds. The fraction of sp³-hybridized carbons (Fsp3) is 0.400. The maximum absolute atomic E-state index is 8.46. The molecule has 0 aliphatic carbocycles. The highest BCUT2D eigenvalue weighted by Crippen LogP contribution is 1.89. The average Bonchev–Trinajstić information content (AvgIpc) is 1.66. The summed E-state index contributed by atoms with van der Waals surface area (Å²) in [6.07, 6.45) is 0.476. The molecule has 0 heterocycles. The molecule has 44 valence electrons. The zero-order chi connectivity index (χ0) is 6.41. The lowest BCUT2D eigenvalue weighted by Crippen LogP contribution is -1.81. The first-order valence-corrected chi connectivity index (χ1v) is 2.58. The maximum Gasteiger partial charge on any atom is 0.0869 e. The molecule has 0 rings (SSSR count). The van der Waals surface area contributed by atoms with Gasteiger partial charge in [-0.1, -0.05) is 6.58 Å². The van der Waals surface area contributed by atoms with Gasteiger partial charge in [0.1, 0.15) is 0 Å². The summed E-state index contributed by atoms with van der Waals surface area (Å²) in [6, 6.07) is 0. The fourth-order valence-electron chi connectivity index (χ4n) is 0.231. The molecule has 0 aromatic rings. The Bertz CT molecular complexity index is 124. The Kier molecular flexibility index (Phi) is 4.13. The Balaban J connectivity index is 3.18. The molecule has 0 saturated carbocycles. The van der Waals surface area contributed by atoms with E-state index in [0.29, 0.717) is 13.0 Å². The molecule has 0 spiro atoms. The summed E-state index contributed by atoms with van der Waals surface area (Å²) >= 11 is 4.28. The van der Waals surface area contributed by atoms with Crippen LogP contribution in [0.1, 0.15) is 6.42 Å². The van der Waals surface area contributed by atoms with Crippen LogP contribution < -0.4 is 0 Å². The molecule has 2 nitrogen and oxygen atoms in total. The van der Waals surface area contributed by atoms with Crippen LogP contribution in [0, 0.1) is 0 Å². The largest absolute Gasteiger partial charge is 0.513 e. The van der Waals surface area contributed by atoms with E-state index in [1.807, 2.05) is 0 Å². The smallest absolute Gasteiger partial charge is 0.0869 e. The van der Waals surface area contributed by atoms with E-state index < -0.39 is 0 Å². The zero-order valence-electron chi connectivity index (χ0n) is 4.42. The second kappa shape index (κ2) is 4.50. The molecule has 0 fully saturated rings. The second-order valence-corrected chi connectivity index (χ2v) is 1.47. The van der Waals surface area contributed by atoms with Gasteiger partial charge in [0.2, 0.25) is 0 Å². The van der Waals surface area contributed by atoms with E-state index in [0.717, 1.165) is 0 Å². The van der Waals surface area contributed by atoms with Crippen LogP contribution in [0.5, 0.6) is 0 Å². The van der Waals surface area contributed by atoms with E-state index in [4.69, 9.17) is 5.11 Å². The Labute approximate surface area is 53.6 Å². The topological polar surface area (TPSA) is 32.6 Å². The van der Waals surface area contributed by atoms with Crippen molar-refractivity contribution >= 4 is 17.4 Å². The van der Waals surface area contributed by atoms with Crippen molar-refractivity contribution in [2.45, 2.75) is 6.42 Å². The van der Waals surface area contributed by atoms with E-state index >= 15 is 0 Å². The van der Waals surface area contributed by atoms with Crippen LogP contribution in [-0.2, 0) is 0 Å². The normalized spacial score (nSPS) is 7.50. The highest BCUT2D eigenvalue weighted by molar-refractivity contribution is 7.78. The molecule has 0 atom stereocenters. The minimum atomic E-state index is 0.138. The first-order valence-electron chi connectivity index (χ1n) is 2.17. The first-order chi connectivity index (χ1) is 3.77. The molecule has 8 heavy (non-hydrogen) atoms. The summed E-state index contributed by atoms with van der Waals surface area (Å²) in [4.78, 5) is 3.56. The third-order valence-electron chi connectivity index (χ3n) is 0.577. The molecule has 3 heteroatoms. The van der Waals surface area contributed by atoms with Gasteiger partial charge in [0.15, 0.2) is 0 Å². The lowest BCUT2D eigenvalue weighted by atomic mass is 10.4. The number of aliphatic hydroxyl groups excluding tert-OH is 1. The fourth-order valence-corrected chi connectivity index (χ4v) is 0.322. The second-order valence-electron chi connectivity index (χ2n) is 1.29. The van der Waals surface area contributed by atoms with Crippen molar-refractivity contribution in [3.63, 3.8) is 0 Å². The van der Waals surface area contributed by atoms with Crippen molar-refractivity contribution in [2.75, 3.05) is 6.54 Å². The number of hydrogen-bond donors (Lipinski definition) is 1. The molecule has 0 unspecified atom stereocenters. The van der Waals surface area contributed by atoms with E-state index in [1.165, 1.54) is 0 Å². The number of rotatable bonds is 3. The Hall–Kier alpha value is -0.660. The van der Waals surface area contributed by atoms with Gasteiger partial charge in [-0.2, -0.15) is 0 Å².